The van der Waals surface area contributed by atoms with Crippen molar-refractivity contribution >= 4 is 23.3 Å². The number of amides is 1. The smallest absolute Gasteiger partial charge is 0.239 e. The fraction of sp³-hybridized carbons (Fsp3) is 0.583. The summed E-state index contributed by atoms with van der Waals surface area (Å²) in [5.41, 5.74) is 0.792. The van der Waals surface area contributed by atoms with Gasteiger partial charge in [0, 0.05) is 25.6 Å². The Hall–Kier alpha value is -1.36. The number of aromatic nitrogens is 2. The van der Waals surface area contributed by atoms with Gasteiger partial charge in [-0.15, -0.1) is 0 Å². The summed E-state index contributed by atoms with van der Waals surface area (Å²) < 4.78 is 0. The van der Waals surface area contributed by atoms with Gasteiger partial charge in [-0.05, 0) is 13.8 Å². The van der Waals surface area contributed by atoms with Gasteiger partial charge >= 0.3 is 0 Å². The molecule has 0 atom stereocenters. The Balaban J connectivity index is 2.94. The Bertz CT molecular complexity index is 436. The first kappa shape index (κ1) is 14.7. The number of nitrogens with zero attached hydrogens (tertiary/aromatic N) is 3. The molecule has 1 heterocycles. The highest BCUT2D eigenvalue weighted by atomic mass is 35.5. The van der Waals surface area contributed by atoms with Crippen molar-refractivity contribution in [3.8, 4) is 0 Å². The normalized spacial score (nSPS) is 10.3. The molecule has 0 radical (unpaired) electrons. The molecular formula is C12H19ClN4O. The van der Waals surface area contributed by atoms with Crippen LogP contribution in [0.4, 0.5) is 5.82 Å². The molecular weight excluding hydrogens is 252 g/mol. The van der Waals surface area contributed by atoms with Crippen LogP contribution in [-0.2, 0) is 11.2 Å². The van der Waals surface area contributed by atoms with E-state index in [-0.39, 0.29) is 12.5 Å². The number of hydrogen-bond acceptors (Lipinski definition) is 4. The maximum absolute atomic E-state index is 11.5. The molecule has 0 aliphatic heterocycles. The predicted octanol–water partition coefficient (Wildman–Crippen LogP) is 1.57. The van der Waals surface area contributed by atoms with Crippen LogP contribution in [0, 0.1) is 6.92 Å². The van der Waals surface area contributed by atoms with E-state index < -0.39 is 0 Å². The summed E-state index contributed by atoms with van der Waals surface area (Å²) in [6.07, 6.45) is 0.710. The molecule has 1 amide bonds. The topological polar surface area (TPSA) is 58.1 Å². The molecule has 1 aromatic rings. The zero-order valence-corrected chi connectivity index (χ0v) is 12.0. The van der Waals surface area contributed by atoms with Crippen LogP contribution in [0.1, 0.15) is 25.2 Å². The number of halogens is 1. The van der Waals surface area contributed by atoms with Crippen molar-refractivity contribution in [2.75, 3.05) is 25.0 Å². The van der Waals surface area contributed by atoms with E-state index in [0.29, 0.717) is 29.8 Å². The van der Waals surface area contributed by atoms with Crippen molar-refractivity contribution in [1.29, 1.82) is 0 Å². The SMILES string of the molecule is CCNC(=O)CN(C)c1nc(CC)nc(Cl)c1C. The Morgan fingerprint density at radius 1 is 1.39 bits per heavy atom. The Kier molecular flexibility index (Phi) is 5.34. The van der Waals surface area contributed by atoms with Crippen LogP contribution in [-0.4, -0.2) is 36.0 Å². The molecule has 18 heavy (non-hydrogen) atoms. The first-order chi connectivity index (χ1) is 8.49. The lowest BCUT2D eigenvalue weighted by Crippen LogP contribution is -2.35. The molecule has 0 bridgehead atoms. The number of rotatable bonds is 5. The van der Waals surface area contributed by atoms with Crippen LogP contribution in [0.5, 0.6) is 0 Å². The van der Waals surface area contributed by atoms with E-state index in [2.05, 4.69) is 15.3 Å². The number of hydrogen-bond donors (Lipinski definition) is 1. The third-order valence-electron chi connectivity index (χ3n) is 2.54. The molecule has 1 rings (SSSR count). The molecule has 5 nitrogen and oxygen atoms in total. The highest BCUT2D eigenvalue weighted by molar-refractivity contribution is 6.30. The molecule has 0 aromatic carbocycles. The summed E-state index contributed by atoms with van der Waals surface area (Å²) in [5.74, 6) is 1.36. The first-order valence-electron chi connectivity index (χ1n) is 6.00. The van der Waals surface area contributed by atoms with Gasteiger partial charge in [-0.25, -0.2) is 9.97 Å². The summed E-state index contributed by atoms with van der Waals surface area (Å²) >= 11 is 6.06. The average Bonchev–Trinajstić information content (AvgIpc) is 2.32. The highest BCUT2D eigenvalue weighted by Gasteiger charge is 2.14. The van der Waals surface area contributed by atoms with Gasteiger partial charge in [0.05, 0.1) is 6.54 Å². The number of anilines is 1. The van der Waals surface area contributed by atoms with E-state index in [1.165, 1.54) is 0 Å². The quantitative estimate of drug-likeness (QED) is 0.826. The molecule has 100 valence electrons. The second kappa shape index (κ2) is 6.54. The zero-order valence-electron chi connectivity index (χ0n) is 11.2. The van der Waals surface area contributed by atoms with Crippen LogP contribution in [0.25, 0.3) is 0 Å². The van der Waals surface area contributed by atoms with E-state index in [1.807, 2.05) is 27.8 Å². The molecule has 0 unspecified atom stereocenters. The number of nitrogens with one attached hydrogen (secondary N) is 1. The largest absolute Gasteiger partial charge is 0.355 e. The lowest BCUT2D eigenvalue weighted by molar-refractivity contribution is -0.119. The fourth-order valence-electron chi connectivity index (χ4n) is 1.59. The maximum Gasteiger partial charge on any atom is 0.239 e. The average molecular weight is 271 g/mol. The third-order valence-corrected chi connectivity index (χ3v) is 2.91. The minimum absolute atomic E-state index is 0.0350. The summed E-state index contributed by atoms with van der Waals surface area (Å²) in [5, 5.41) is 3.20. The molecule has 0 saturated carbocycles. The van der Waals surface area contributed by atoms with Gasteiger partial charge in [0.25, 0.3) is 0 Å². The lowest BCUT2D eigenvalue weighted by atomic mass is 10.3. The first-order valence-corrected chi connectivity index (χ1v) is 6.38. The van der Waals surface area contributed by atoms with E-state index in [1.54, 1.807) is 4.90 Å². The van der Waals surface area contributed by atoms with Crippen molar-refractivity contribution < 1.29 is 4.79 Å². The van der Waals surface area contributed by atoms with Crippen LogP contribution >= 0.6 is 11.6 Å². The Labute approximate surface area is 113 Å². The predicted molar refractivity (Wildman–Crippen MR) is 73.1 cm³/mol. The molecule has 0 fully saturated rings. The molecule has 0 aliphatic carbocycles. The maximum atomic E-state index is 11.5. The van der Waals surface area contributed by atoms with Crippen LogP contribution in [0.15, 0.2) is 0 Å². The second-order valence-electron chi connectivity index (χ2n) is 4.04. The van der Waals surface area contributed by atoms with Gasteiger partial charge in [0.15, 0.2) is 0 Å². The van der Waals surface area contributed by atoms with E-state index in [4.69, 9.17) is 11.6 Å². The van der Waals surface area contributed by atoms with Gasteiger partial charge in [-0.2, -0.15) is 0 Å². The van der Waals surface area contributed by atoms with Gasteiger partial charge in [-0.3, -0.25) is 4.79 Å². The standard InChI is InChI=1S/C12H19ClN4O/c1-5-9-15-11(13)8(3)12(16-9)17(4)7-10(18)14-6-2/h5-7H2,1-4H3,(H,14,18). The molecule has 0 spiro atoms. The monoisotopic (exact) mass is 270 g/mol. The van der Waals surface area contributed by atoms with Gasteiger partial charge in [-0.1, -0.05) is 18.5 Å². The lowest BCUT2D eigenvalue weighted by Gasteiger charge is -2.20. The molecule has 0 saturated heterocycles. The molecule has 6 heteroatoms. The molecule has 0 aliphatic rings. The van der Waals surface area contributed by atoms with Crippen molar-refractivity contribution in [2.24, 2.45) is 0 Å². The second-order valence-corrected chi connectivity index (χ2v) is 4.40. The molecule has 1 N–H and O–H groups in total. The zero-order chi connectivity index (χ0) is 13.7. The Morgan fingerprint density at radius 2 is 2.06 bits per heavy atom. The minimum Gasteiger partial charge on any atom is -0.355 e. The summed E-state index contributed by atoms with van der Waals surface area (Å²) in [6, 6.07) is 0. The number of carbonyl (C=O) groups is 1. The number of likely N-dealkylation sites (N-methyl/N-ethyl adjacent to an activating group) is 2. The van der Waals surface area contributed by atoms with Gasteiger partial charge in [0.1, 0.15) is 16.8 Å². The van der Waals surface area contributed by atoms with Crippen LogP contribution < -0.4 is 10.2 Å². The summed E-state index contributed by atoms with van der Waals surface area (Å²) in [7, 11) is 1.82. The van der Waals surface area contributed by atoms with Crippen molar-refractivity contribution in [3.05, 3.63) is 16.5 Å². The minimum atomic E-state index is -0.0350. The fourth-order valence-corrected chi connectivity index (χ4v) is 1.78. The number of aryl methyl sites for hydroxylation is 1. The molecule has 1 aromatic heterocycles. The van der Waals surface area contributed by atoms with E-state index >= 15 is 0 Å². The van der Waals surface area contributed by atoms with Crippen LogP contribution in [0.2, 0.25) is 5.15 Å². The van der Waals surface area contributed by atoms with Crippen LogP contribution in [0.3, 0.4) is 0 Å². The van der Waals surface area contributed by atoms with Gasteiger partial charge < -0.3 is 10.2 Å². The summed E-state index contributed by atoms with van der Waals surface area (Å²) in [4.78, 5) is 21.9. The van der Waals surface area contributed by atoms with E-state index in [0.717, 1.165) is 5.56 Å². The van der Waals surface area contributed by atoms with E-state index in [9.17, 15) is 4.79 Å². The van der Waals surface area contributed by atoms with Crippen molar-refractivity contribution in [2.45, 2.75) is 27.2 Å². The van der Waals surface area contributed by atoms with Gasteiger partial charge in [0.2, 0.25) is 5.91 Å². The highest BCUT2D eigenvalue weighted by Crippen LogP contribution is 2.22. The number of carbonyl (C=O) groups excluding carboxylic acids is 1. The summed E-state index contributed by atoms with van der Waals surface area (Å²) in [6.45, 7) is 6.58. The third kappa shape index (κ3) is 3.57. The van der Waals surface area contributed by atoms with Crippen molar-refractivity contribution in [1.82, 2.24) is 15.3 Å². The van der Waals surface area contributed by atoms with Crippen molar-refractivity contribution in [3.63, 3.8) is 0 Å². The Morgan fingerprint density at radius 3 is 2.61 bits per heavy atom.